The van der Waals surface area contributed by atoms with E-state index < -0.39 is 0 Å². The van der Waals surface area contributed by atoms with Gasteiger partial charge in [-0.3, -0.25) is 13.9 Å². The van der Waals surface area contributed by atoms with Crippen LogP contribution in [0.5, 0.6) is 0 Å². The van der Waals surface area contributed by atoms with E-state index in [4.69, 9.17) is 5.73 Å². The molecule has 0 saturated heterocycles. The number of nitrogens with one attached hydrogen (secondary N) is 1. The van der Waals surface area contributed by atoms with Crippen molar-refractivity contribution < 1.29 is 4.79 Å². The highest BCUT2D eigenvalue weighted by Crippen LogP contribution is 2.16. The molecular formula is C14H18N8O. The molecule has 3 N–H and O–H groups in total. The third-order valence-electron chi connectivity index (χ3n) is 3.45. The molecule has 9 heteroatoms. The first-order chi connectivity index (χ1) is 11.2. The van der Waals surface area contributed by atoms with Gasteiger partial charge < -0.3 is 11.1 Å². The average molecular weight is 314 g/mol. The van der Waals surface area contributed by atoms with Gasteiger partial charge in [-0.2, -0.15) is 0 Å². The summed E-state index contributed by atoms with van der Waals surface area (Å²) in [6, 6.07) is 1.61. The van der Waals surface area contributed by atoms with Gasteiger partial charge in [0.25, 0.3) is 5.91 Å². The predicted molar refractivity (Wildman–Crippen MR) is 82.6 cm³/mol. The normalized spacial score (nSPS) is 12.4. The molecular weight excluding hydrogens is 296 g/mol. The zero-order valence-electron chi connectivity index (χ0n) is 12.8. The standard InChI is InChI=1S/C14H18N8O/c1-2-10(11-8-21-6-3-5-16-14(21)18-11)17-13(23)12-9-22(7-4-15)20-19-12/h3,5-6,8-10H,2,4,7,15H2,1H3,(H,17,23). The van der Waals surface area contributed by atoms with Gasteiger partial charge in [-0.25, -0.2) is 9.97 Å². The Hall–Kier alpha value is -2.81. The van der Waals surface area contributed by atoms with E-state index in [1.165, 1.54) is 0 Å². The number of hydrogen-bond donors (Lipinski definition) is 2. The van der Waals surface area contributed by atoms with Crippen molar-refractivity contribution >= 4 is 11.7 Å². The second-order valence-electron chi connectivity index (χ2n) is 5.08. The van der Waals surface area contributed by atoms with Crippen LogP contribution < -0.4 is 11.1 Å². The van der Waals surface area contributed by atoms with Crippen molar-refractivity contribution in [3.05, 3.63) is 42.2 Å². The molecule has 0 aliphatic carbocycles. The highest BCUT2D eigenvalue weighted by Gasteiger charge is 2.19. The van der Waals surface area contributed by atoms with Crippen LogP contribution in [0.25, 0.3) is 5.78 Å². The van der Waals surface area contributed by atoms with E-state index in [0.717, 1.165) is 5.69 Å². The quantitative estimate of drug-likeness (QED) is 0.669. The fourth-order valence-corrected chi connectivity index (χ4v) is 2.28. The number of aromatic nitrogens is 6. The van der Waals surface area contributed by atoms with Crippen LogP contribution in [0.1, 0.15) is 35.6 Å². The van der Waals surface area contributed by atoms with E-state index in [0.29, 0.717) is 25.3 Å². The molecule has 120 valence electrons. The van der Waals surface area contributed by atoms with E-state index in [-0.39, 0.29) is 17.6 Å². The minimum absolute atomic E-state index is 0.219. The van der Waals surface area contributed by atoms with Gasteiger partial charge in [-0.1, -0.05) is 12.1 Å². The maximum Gasteiger partial charge on any atom is 0.273 e. The van der Waals surface area contributed by atoms with E-state index in [1.807, 2.05) is 29.8 Å². The summed E-state index contributed by atoms with van der Waals surface area (Å²) in [6.07, 6.45) is 7.70. The molecule has 0 fully saturated rings. The zero-order valence-corrected chi connectivity index (χ0v) is 12.8. The van der Waals surface area contributed by atoms with Crippen LogP contribution in [-0.2, 0) is 6.54 Å². The molecule has 0 radical (unpaired) electrons. The first-order valence-electron chi connectivity index (χ1n) is 7.42. The molecule has 9 nitrogen and oxygen atoms in total. The van der Waals surface area contributed by atoms with Gasteiger partial charge in [-0.05, 0) is 12.5 Å². The Morgan fingerprint density at radius 2 is 2.30 bits per heavy atom. The Morgan fingerprint density at radius 1 is 1.43 bits per heavy atom. The molecule has 3 heterocycles. The zero-order chi connectivity index (χ0) is 16.2. The molecule has 0 aliphatic heterocycles. The van der Waals surface area contributed by atoms with Gasteiger partial charge in [-0.15, -0.1) is 5.10 Å². The highest BCUT2D eigenvalue weighted by molar-refractivity contribution is 5.92. The maximum absolute atomic E-state index is 12.3. The Balaban J connectivity index is 1.76. The Kier molecular flexibility index (Phi) is 4.29. The van der Waals surface area contributed by atoms with Crippen LogP contribution in [0.15, 0.2) is 30.9 Å². The molecule has 0 bridgehead atoms. The van der Waals surface area contributed by atoms with Crippen molar-refractivity contribution in [1.29, 1.82) is 0 Å². The van der Waals surface area contributed by atoms with Gasteiger partial charge in [0.05, 0.1) is 24.5 Å². The molecule has 3 rings (SSSR count). The van der Waals surface area contributed by atoms with Crippen molar-refractivity contribution in [2.24, 2.45) is 5.73 Å². The summed E-state index contributed by atoms with van der Waals surface area (Å²) in [7, 11) is 0. The van der Waals surface area contributed by atoms with Crippen LogP contribution in [0.4, 0.5) is 0 Å². The molecule has 1 amide bonds. The lowest BCUT2D eigenvalue weighted by atomic mass is 10.1. The second kappa shape index (κ2) is 6.53. The lowest BCUT2D eigenvalue weighted by Crippen LogP contribution is -2.28. The third-order valence-corrected chi connectivity index (χ3v) is 3.45. The third kappa shape index (κ3) is 3.19. The van der Waals surface area contributed by atoms with E-state index in [1.54, 1.807) is 17.1 Å². The number of carbonyl (C=O) groups excluding carboxylic acids is 1. The largest absolute Gasteiger partial charge is 0.342 e. The SMILES string of the molecule is CCC(NC(=O)c1cn(CCN)nn1)c1cn2cccnc2n1. The topological polar surface area (TPSA) is 116 Å². The van der Waals surface area contributed by atoms with Gasteiger partial charge in [0.2, 0.25) is 5.78 Å². The predicted octanol–water partition coefficient (Wildman–Crippen LogP) is 0.161. The maximum atomic E-state index is 12.3. The summed E-state index contributed by atoms with van der Waals surface area (Å²) in [5, 5.41) is 10.7. The van der Waals surface area contributed by atoms with Gasteiger partial charge in [0, 0.05) is 25.1 Å². The van der Waals surface area contributed by atoms with Crippen molar-refractivity contribution in [1.82, 2.24) is 34.7 Å². The summed E-state index contributed by atoms with van der Waals surface area (Å²) >= 11 is 0. The molecule has 3 aromatic rings. The summed E-state index contributed by atoms with van der Waals surface area (Å²) in [5.74, 6) is 0.314. The second-order valence-corrected chi connectivity index (χ2v) is 5.08. The van der Waals surface area contributed by atoms with E-state index in [2.05, 4.69) is 25.6 Å². The van der Waals surface area contributed by atoms with E-state index in [9.17, 15) is 4.79 Å². The van der Waals surface area contributed by atoms with Crippen molar-refractivity contribution in [3.63, 3.8) is 0 Å². The lowest BCUT2D eigenvalue weighted by Gasteiger charge is -2.13. The lowest BCUT2D eigenvalue weighted by molar-refractivity contribution is 0.0929. The number of nitrogens with zero attached hydrogens (tertiary/aromatic N) is 6. The van der Waals surface area contributed by atoms with Crippen molar-refractivity contribution in [3.8, 4) is 0 Å². The molecule has 1 unspecified atom stereocenters. The van der Waals surface area contributed by atoms with Gasteiger partial charge >= 0.3 is 0 Å². The minimum atomic E-state index is -0.287. The first-order valence-corrected chi connectivity index (χ1v) is 7.42. The van der Waals surface area contributed by atoms with Crippen LogP contribution in [0.3, 0.4) is 0 Å². The minimum Gasteiger partial charge on any atom is -0.342 e. The number of imidazole rings is 1. The van der Waals surface area contributed by atoms with Gasteiger partial charge in [0.1, 0.15) is 0 Å². The van der Waals surface area contributed by atoms with Crippen molar-refractivity contribution in [2.75, 3.05) is 6.54 Å². The number of carbonyl (C=O) groups is 1. The fourth-order valence-electron chi connectivity index (χ4n) is 2.28. The molecule has 1 atom stereocenters. The number of hydrogen-bond acceptors (Lipinski definition) is 6. The van der Waals surface area contributed by atoms with Crippen LogP contribution in [0, 0.1) is 0 Å². The summed E-state index contributed by atoms with van der Waals surface area (Å²) in [6.45, 7) is 2.94. The van der Waals surface area contributed by atoms with Crippen LogP contribution >= 0.6 is 0 Å². The monoisotopic (exact) mass is 314 g/mol. The van der Waals surface area contributed by atoms with Crippen LogP contribution in [0.2, 0.25) is 0 Å². The molecule has 0 saturated carbocycles. The fraction of sp³-hybridized carbons (Fsp3) is 0.357. The highest BCUT2D eigenvalue weighted by atomic mass is 16.2. The molecule has 0 spiro atoms. The summed E-state index contributed by atoms with van der Waals surface area (Å²) < 4.78 is 3.37. The number of nitrogens with two attached hydrogens (primary N) is 1. The number of amides is 1. The Morgan fingerprint density at radius 3 is 3.04 bits per heavy atom. The molecule has 0 aliphatic rings. The Labute approximate surface area is 132 Å². The molecule has 0 aromatic carbocycles. The van der Waals surface area contributed by atoms with Gasteiger partial charge in [0.15, 0.2) is 5.69 Å². The smallest absolute Gasteiger partial charge is 0.273 e. The summed E-state index contributed by atoms with van der Waals surface area (Å²) in [5.41, 5.74) is 6.48. The van der Waals surface area contributed by atoms with Crippen molar-refractivity contribution in [2.45, 2.75) is 25.9 Å². The average Bonchev–Trinajstić information content (AvgIpc) is 3.19. The Bertz CT molecular complexity index is 775. The number of rotatable bonds is 6. The number of fused-ring (bicyclic) bond motifs is 1. The molecule has 23 heavy (non-hydrogen) atoms. The first kappa shape index (κ1) is 15.1. The summed E-state index contributed by atoms with van der Waals surface area (Å²) in [4.78, 5) is 20.9. The van der Waals surface area contributed by atoms with Crippen LogP contribution in [-0.4, -0.2) is 41.8 Å². The molecule has 3 aromatic heterocycles. The van der Waals surface area contributed by atoms with E-state index >= 15 is 0 Å².